The summed E-state index contributed by atoms with van der Waals surface area (Å²) in [4.78, 5) is 27.2. The number of ketones is 2. The number of fused-ring (bicyclic) bond motifs is 2. The van der Waals surface area contributed by atoms with Gasteiger partial charge in [0.1, 0.15) is 5.75 Å². The molecule has 192 valence electrons. The van der Waals surface area contributed by atoms with E-state index in [0.29, 0.717) is 6.42 Å². The molecular weight excluding hydrogens is 524 g/mol. The lowest BCUT2D eigenvalue weighted by atomic mass is 9.82. The second-order valence-corrected chi connectivity index (χ2v) is 11.1. The van der Waals surface area contributed by atoms with Crippen LogP contribution in [0.5, 0.6) is 5.75 Å². The van der Waals surface area contributed by atoms with Crippen molar-refractivity contribution in [3.63, 3.8) is 0 Å². The molecule has 0 spiro atoms. The third kappa shape index (κ3) is 4.76. The van der Waals surface area contributed by atoms with Crippen LogP contribution in [0.4, 0.5) is 11.4 Å². The number of rotatable bonds is 7. The molecule has 0 radical (unpaired) electrons. The molecular formula is C29H23ClN2O5S. The Morgan fingerprint density at radius 3 is 2.26 bits per heavy atom. The van der Waals surface area contributed by atoms with E-state index >= 15 is 0 Å². The molecule has 0 saturated heterocycles. The number of nitrogens with one attached hydrogen (secondary N) is 1. The maximum Gasteiger partial charge on any atom is 0.261 e. The van der Waals surface area contributed by atoms with Gasteiger partial charge in [0.15, 0.2) is 11.6 Å². The number of sulfonamides is 1. The van der Waals surface area contributed by atoms with Gasteiger partial charge < -0.3 is 10.5 Å². The predicted octanol–water partition coefficient (Wildman–Crippen LogP) is 5.43. The van der Waals surface area contributed by atoms with E-state index in [-0.39, 0.29) is 55.9 Å². The molecule has 0 aromatic heterocycles. The molecule has 1 aliphatic carbocycles. The quantitative estimate of drug-likeness (QED) is 0.263. The van der Waals surface area contributed by atoms with Gasteiger partial charge in [-0.3, -0.25) is 14.3 Å². The Balaban J connectivity index is 1.61. The van der Waals surface area contributed by atoms with E-state index in [1.165, 1.54) is 36.4 Å². The fourth-order valence-corrected chi connectivity index (χ4v) is 5.60. The summed E-state index contributed by atoms with van der Waals surface area (Å²) in [6.07, 6.45) is 0.552. The predicted molar refractivity (Wildman–Crippen MR) is 147 cm³/mol. The van der Waals surface area contributed by atoms with Crippen molar-refractivity contribution in [2.75, 3.05) is 17.1 Å². The van der Waals surface area contributed by atoms with Gasteiger partial charge in [0.25, 0.3) is 10.0 Å². The smallest absolute Gasteiger partial charge is 0.261 e. The number of hydrogen-bond donors (Lipinski definition) is 2. The van der Waals surface area contributed by atoms with Crippen LogP contribution in [0, 0.1) is 6.92 Å². The normalized spacial score (nSPS) is 12.6. The molecule has 3 N–H and O–H groups in total. The van der Waals surface area contributed by atoms with E-state index in [4.69, 9.17) is 22.1 Å². The number of carbonyl (C=O) groups is 2. The van der Waals surface area contributed by atoms with Crippen LogP contribution in [0.2, 0.25) is 5.02 Å². The first-order valence-corrected chi connectivity index (χ1v) is 13.6. The van der Waals surface area contributed by atoms with Crippen LogP contribution in [0.15, 0.2) is 83.8 Å². The van der Waals surface area contributed by atoms with Crippen molar-refractivity contribution >= 4 is 44.6 Å². The number of halogens is 1. The number of nitrogen functional groups attached to an aromatic ring is 1. The Bertz CT molecular complexity index is 1680. The van der Waals surface area contributed by atoms with Crippen LogP contribution in [-0.2, 0) is 16.4 Å². The average Bonchev–Trinajstić information content (AvgIpc) is 2.89. The summed E-state index contributed by atoms with van der Waals surface area (Å²) in [6, 6.07) is 21.6. The number of nitrogens with two attached hydrogens (primary N) is 1. The Kier molecular flexibility index (Phi) is 6.69. The van der Waals surface area contributed by atoms with Crippen molar-refractivity contribution in [2.45, 2.75) is 18.2 Å². The summed E-state index contributed by atoms with van der Waals surface area (Å²) in [5.41, 5.74) is 8.11. The minimum atomic E-state index is -4.12. The fourth-order valence-electron chi connectivity index (χ4n) is 4.36. The summed E-state index contributed by atoms with van der Waals surface area (Å²) in [7, 11) is -4.12. The highest BCUT2D eigenvalue weighted by molar-refractivity contribution is 7.92. The molecule has 9 heteroatoms. The maximum absolute atomic E-state index is 13.6. The summed E-state index contributed by atoms with van der Waals surface area (Å²) in [5.74, 6) is -0.992. The molecule has 4 aromatic carbocycles. The van der Waals surface area contributed by atoms with Crippen molar-refractivity contribution in [1.29, 1.82) is 0 Å². The molecule has 0 unspecified atom stereocenters. The molecule has 4 aromatic rings. The molecule has 5 rings (SSSR count). The summed E-state index contributed by atoms with van der Waals surface area (Å²) in [5, 5.41) is 0.268. The van der Waals surface area contributed by atoms with Gasteiger partial charge in [0, 0.05) is 28.6 Å². The lowest BCUT2D eigenvalue weighted by Crippen LogP contribution is -2.26. The van der Waals surface area contributed by atoms with Crippen molar-refractivity contribution in [3.05, 3.63) is 117 Å². The van der Waals surface area contributed by atoms with Crippen molar-refractivity contribution in [3.8, 4) is 5.75 Å². The Morgan fingerprint density at radius 2 is 1.55 bits per heavy atom. The number of hydrogen-bond acceptors (Lipinski definition) is 6. The highest BCUT2D eigenvalue weighted by Gasteiger charge is 2.36. The van der Waals surface area contributed by atoms with E-state index in [1.807, 2.05) is 37.3 Å². The van der Waals surface area contributed by atoms with Gasteiger partial charge in [0.05, 0.1) is 34.0 Å². The number of anilines is 2. The van der Waals surface area contributed by atoms with Crippen LogP contribution in [0.1, 0.15) is 43.0 Å². The zero-order valence-corrected chi connectivity index (χ0v) is 21.9. The number of carbonyl (C=O) groups excluding carboxylic acids is 2. The van der Waals surface area contributed by atoms with Gasteiger partial charge in [-0.1, -0.05) is 59.6 Å². The average molecular weight is 547 g/mol. The third-order valence-electron chi connectivity index (χ3n) is 6.32. The van der Waals surface area contributed by atoms with Gasteiger partial charge in [-0.05, 0) is 42.8 Å². The minimum Gasteiger partial charge on any atom is -0.491 e. The number of benzene rings is 4. The van der Waals surface area contributed by atoms with Gasteiger partial charge >= 0.3 is 0 Å². The van der Waals surface area contributed by atoms with Crippen molar-refractivity contribution < 1.29 is 22.7 Å². The van der Waals surface area contributed by atoms with Gasteiger partial charge in [-0.15, -0.1) is 0 Å². The van der Waals surface area contributed by atoms with Crippen molar-refractivity contribution in [1.82, 2.24) is 0 Å². The van der Waals surface area contributed by atoms with Crippen LogP contribution in [0.25, 0.3) is 0 Å². The molecule has 0 atom stereocenters. The molecule has 0 aliphatic heterocycles. The highest BCUT2D eigenvalue weighted by atomic mass is 35.5. The molecule has 1 aliphatic rings. The second-order valence-electron chi connectivity index (χ2n) is 8.94. The molecule has 38 heavy (non-hydrogen) atoms. The third-order valence-corrected chi connectivity index (χ3v) is 7.94. The van der Waals surface area contributed by atoms with E-state index in [1.54, 1.807) is 12.1 Å². The lowest BCUT2D eigenvalue weighted by Gasteiger charge is -2.24. The zero-order chi connectivity index (χ0) is 27.0. The maximum atomic E-state index is 13.6. The molecule has 7 nitrogen and oxygen atoms in total. The number of aryl methyl sites for hydroxylation is 1. The first kappa shape index (κ1) is 25.5. The summed E-state index contributed by atoms with van der Waals surface area (Å²) >= 11 is 6.10. The van der Waals surface area contributed by atoms with Gasteiger partial charge in [0.2, 0.25) is 0 Å². The summed E-state index contributed by atoms with van der Waals surface area (Å²) < 4.78 is 35.0. The van der Waals surface area contributed by atoms with Gasteiger partial charge in [-0.2, -0.15) is 0 Å². The van der Waals surface area contributed by atoms with Crippen LogP contribution >= 0.6 is 11.6 Å². The summed E-state index contributed by atoms with van der Waals surface area (Å²) in [6.45, 7) is 2.05. The van der Waals surface area contributed by atoms with E-state index in [2.05, 4.69) is 4.72 Å². The van der Waals surface area contributed by atoms with E-state index < -0.39 is 21.6 Å². The van der Waals surface area contributed by atoms with Crippen LogP contribution in [0.3, 0.4) is 0 Å². The molecule has 0 saturated carbocycles. The molecule has 0 fully saturated rings. The first-order valence-electron chi connectivity index (χ1n) is 11.8. The Morgan fingerprint density at radius 1 is 0.868 bits per heavy atom. The zero-order valence-electron chi connectivity index (χ0n) is 20.3. The monoisotopic (exact) mass is 546 g/mol. The lowest BCUT2D eigenvalue weighted by molar-refractivity contribution is 0.0980. The van der Waals surface area contributed by atoms with Crippen molar-refractivity contribution in [2.24, 2.45) is 0 Å². The molecule has 0 heterocycles. The number of ether oxygens (including phenoxy) is 1. The first-order chi connectivity index (χ1) is 18.2. The fraction of sp³-hybridized carbons (Fsp3) is 0.103. The SMILES string of the molecule is Cc1ccc(S(=O)(=O)Nc2cc(OCCc3ccccc3)c(N)c3c2C(=O)c2cc(Cl)ccc2C3=O)cc1. The molecule has 0 amide bonds. The Labute approximate surface area is 225 Å². The standard InChI is InChI=1S/C29H23ClN2O5S/c1-17-7-10-20(11-8-17)38(35,36)32-23-16-24(37-14-13-18-5-3-2-4-6-18)27(31)26-25(23)29(34)22-15-19(30)9-12-21(22)28(26)33/h2-12,15-16,32H,13-14,31H2,1H3. The minimum absolute atomic E-state index is 0.00162. The largest absolute Gasteiger partial charge is 0.491 e. The highest BCUT2D eigenvalue weighted by Crippen LogP contribution is 2.42. The topological polar surface area (TPSA) is 116 Å². The molecule has 0 bridgehead atoms. The van der Waals surface area contributed by atoms with Gasteiger partial charge in [-0.25, -0.2) is 8.42 Å². The van der Waals surface area contributed by atoms with E-state index in [9.17, 15) is 18.0 Å². The van der Waals surface area contributed by atoms with Crippen LogP contribution in [-0.4, -0.2) is 26.6 Å². The Hall–Kier alpha value is -4.14. The van der Waals surface area contributed by atoms with Crippen LogP contribution < -0.4 is 15.2 Å². The van der Waals surface area contributed by atoms with E-state index in [0.717, 1.165) is 11.1 Å². The second kappa shape index (κ2) is 9.96.